The topological polar surface area (TPSA) is 50.8 Å². The van der Waals surface area contributed by atoms with Crippen molar-refractivity contribution >= 4 is 5.91 Å². The predicted molar refractivity (Wildman–Crippen MR) is 67.8 cm³/mol. The van der Waals surface area contributed by atoms with Crippen molar-refractivity contribution in [1.29, 1.82) is 0 Å². The summed E-state index contributed by atoms with van der Waals surface area (Å²) in [6.45, 7) is 2.52. The summed E-state index contributed by atoms with van der Waals surface area (Å²) < 4.78 is 10.5. The van der Waals surface area contributed by atoms with Crippen molar-refractivity contribution in [2.45, 2.75) is 6.54 Å². The maximum atomic E-state index is 11.7. The minimum atomic E-state index is 0.117. The molecule has 0 aromatic heterocycles. The quantitative estimate of drug-likeness (QED) is 0.852. The second kappa shape index (κ2) is 5.73. The molecule has 1 aromatic carbocycles. The number of nitrogens with zero attached hydrogens (tertiary/aromatic N) is 1. The van der Waals surface area contributed by atoms with Crippen molar-refractivity contribution in [3.63, 3.8) is 0 Å². The smallest absolute Gasteiger partial charge is 0.236 e. The summed E-state index contributed by atoms with van der Waals surface area (Å²) in [5.41, 5.74) is 0.965. The lowest BCUT2D eigenvalue weighted by molar-refractivity contribution is -0.132. The Bertz CT molecular complexity index is 434. The highest BCUT2D eigenvalue weighted by atomic mass is 16.5. The first kappa shape index (κ1) is 12.7. The second-order valence-corrected chi connectivity index (χ2v) is 4.17. The molecule has 2 rings (SSSR count). The maximum Gasteiger partial charge on any atom is 0.236 e. The zero-order chi connectivity index (χ0) is 13.0. The minimum absolute atomic E-state index is 0.117. The van der Waals surface area contributed by atoms with E-state index < -0.39 is 0 Å². The number of amides is 1. The predicted octanol–water partition coefficient (Wildman–Crippen LogP) is 0.636. The van der Waals surface area contributed by atoms with Gasteiger partial charge in [0, 0.05) is 25.2 Å². The zero-order valence-electron chi connectivity index (χ0n) is 10.7. The summed E-state index contributed by atoms with van der Waals surface area (Å²) >= 11 is 0. The van der Waals surface area contributed by atoms with Gasteiger partial charge in [-0.25, -0.2) is 0 Å². The Hall–Kier alpha value is -1.75. The Morgan fingerprint density at radius 3 is 2.83 bits per heavy atom. The molecule has 1 fully saturated rings. The van der Waals surface area contributed by atoms with Crippen molar-refractivity contribution in [2.24, 2.45) is 0 Å². The summed E-state index contributed by atoms with van der Waals surface area (Å²) in [5.74, 6) is 1.67. The number of rotatable bonds is 4. The van der Waals surface area contributed by atoms with Crippen LogP contribution in [0.5, 0.6) is 11.5 Å². The lowest BCUT2D eigenvalue weighted by atomic mass is 10.1. The standard InChI is InChI=1S/C13H18N2O3/c1-17-11-3-4-12(18-2)10(7-11)9-15-6-5-14-8-13(15)16/h3-4,7,14H,5-6,8-9H2,1-2H3. The van der Waals surface area contributed by atoms with Gasteiger partial charge in [-0.1, -0.05) is 0 Å². The van der Waals surface area contributed by atoms with Crippen LogP contribution >= 0.6 is 0 Å². The number of benzene rings is 1. The monoisotopic (exact) mass is 250 g/mol. The fourth-order valence-electron chi connectivity index (χ4n) is 2.02. The van der Waals surface area contributed by atoms with Crippen molar-refractivity contribution in [1.82, 2.24) is 10.2 Å². The van der Waals surface area contributed by atoms with Gasteiger partial charge >= 0.3 is 0 Å². The van der Waals surface area contributed by atoms with E-state index in [0.29, 0.717) is 13.1 Å². The molecule has 1 saturated heterocycles. The Morgan fingerprint density at radius 2 is 2.17 bits per heavy atom. The molecule has 1 aromatic rings. The van der Waals surface area contributed by atoms with Crippen molar-refractivity contribution < 1.29 is 14.3 Å². The third-order valence-corrected chi connectivity index (χ3v) is 3.04. The van der Waals surface area contributed by atoms with E-state index in [-0.39, 0.29) is 5.91 Å². The summed E-state index contributed by atoms with van der Waals surface area (Å²) in [4.78, 5) is 13.6. The lowest BCUT2D eigenvalue weighted by Crippen LogP contribution is -2.47. The van der Waals surface area contributed by atoms with Crippen LogP contribution in [0.1, 0.15) is 5.56 Å². The molecule has 18 heavy (non-hydrogen) atoms. The van der Waals surface area contributed by atoms with Crippen molar-refractivity contribution in [3.05, 3.63) is 23.8 Å². The Morgan fingerprint density at radius 1 is 1.33 bits per heavy atom. The minimum Gasteiger partial charge on any atom is -0.497 e. The van der Waals surface area contributed by atoms with Gasteiger partial charge in [0.1, 0.15) is 11.5 Å². The molecule has 0 unspecified atom stereocenters. The molecule has 1 heterocycles. The molecular formula is C13H18N2O3. The van der Waals surface area contributed by atoms with Gasteiger partial charge in [0.2, 0.25) is 5.91 Å². The number of carbonyl (C=O) groups is 1. The van der Waals surface area contributed by atoms with Crippen LogP contribution in [0.2, 0.25) is 0 Å². The summed E-state index contributed by atoms with van der Waals surface area (Å²) in [5, 5.41) is 3.05. The number of carbonyl (C=O) groups excluding carboxylic acids is 1. The SMILES string of the molecule is COc1ccc(OC)c(CN2CCNCC2=O)c1. The van der Waals surface area contributed by atoms with Crippen molar-refractivity contribution in [3.8, 4) is 11.5 Å². The van der Waals surface area contributed by atoms with Crippen LogP contribution in [0.25, 0.3) is 0 Å². The normalized spacial score (nSPS) is 15.7. The van der Waals surface area contributed by atoms with Crippen LogP contribution in [-0.4, -0.2) is 44.7 Å². The van der Waals surface area contributed by atoms with Gasteiger partial charge in [0.25, 0.3) is 0 Å². The van der Waals surface area contributed by atoms with E-state index in [1.807, 2.05) is 23.1 Å². The molecule has 1 amide bonds. The molecule has 0 radical (unpaired) electrons. The van der Waals surface area contributed by atoms with E-state index in [1.54, 1.807) is 14.2 Å². The molecule has 0 atom stereocenters. The van der Waals surface area contributed by atoms with Crippen LogP contribution in [0.3, 0.4) is 0 Å². The first-order chi connectivity index (χ1) is 8.74. The fraction of sp³-hybridized carbons (Fsp3) is 0.462. The average molecular weight is 250 g/mol. The molecule has 0 aliphatic carbocycles. The van der Waals surface area contributed by atoms with E-state index in [4.69, 9.17) is 9.47 Å². The third kappa shape index (κ3) is 2.73. The molecule has 98 valence electrons. The third-order valence-electron chi connectivity index (χ3n) is 3.04. The van der Waals surface area contributed by atoms with E-state index in [0.717, 1.165) is 30.2 Å². The number of methoxy groups -OCH3 is 2. The van der Waals surface area contributed by atoms with Crippen LogP contribution in [0, 0.1) is 0 Å². The first-order valence-electron chi connectivity index (χ1n) is 5.94. The molecule has 0 spiro atoms. The average Bonchev–Trinajstić information content (AvgIpc) is 2.41. The molecule has 5 heteroatoms. The van der Waals surface area contributed by atoms with Crippen LogP contribution in [-0.2, 0) is 11.3 Å². The molecule has 0 bridgehead atoms. The van der Waals surface area contributed by atoms with Gasteiger partial charge in [-0.3, -0.25) is 4.79 Å². The Kier molecular flexibility index (Phi) is 4.04. The molecule has 0 saturated carbocycles. The van der Waals surface area contributed by atoms with E-state index in [1.165, 1.54) is 0 Å². The van der Waals surface area contributed by atoms with E-state index >= 15 is 0 Å². The number of hydrogen-bond acceptors (Lipinski definition) is 4. The highest BCUT2D eigenvalue weighted by Gasteiger charge is 2.19. The number of piperazine rings is 1. The van der Waals surface area contributed by atoms with Crippen molar-refractivity contribution in [2.75, 3.05) is 33.9 Å². The highest BCUT2D eigenvalue weighted by Crippen LogP contribution is 2.25. The van der Waals surface area contributed by atoms with Gasteiger partial charge in [-0.15, -0.1) is 0 Å². The summed E-state index contributed by atoms with van der Waals surface area (Å²) in [6, 6.07) is 5.62. The number of nitrogens with one attached hydrogen (secondary N) is 1. The van der Waals surface area contributed by atoms with Crippen LogP contribution in [0.4, 0.5) is 0 Å². The molecule has 1 aliphatic rings. The fourth-order valence-corrected chi connectivity index (χ4v) is 2.02. The van der Waals surface area contributed by atoms with Gasteiger partial charge in [0.05, 0.1) is 20.8 Å². The van der Waals surface area contributed by atoms with Gasteiger partial charge in [0.15, 0.2) is 0 Å². The lowest BCUT2D eigenvalue weighted by Gasteiger charge is -2.28. The molecule has 1 aliphatic heterocycles. The van der Waals surface area contributed by atoms with E-state index in [9.17, 15) is 4.79 Å². The maximum absolute atomic E-state index is 11.7. The number of hydrogen-bond donors (Lipinski definition) is 1. The van der Waals surface area contributed by atoms with Crippen LogP contribution < -0.4 is 14.8 Å². The Balaban J connectivity index is 2.18. The Labute approximate surface area is 107 Å². The van der Waals surface area contributed by atoms with Crippen LogP contribution in [0.15, 0.2) is 18.2 Å². The first-order valence-corrected chi connectivity index (χ1v) is 5.94. The van der Waals surface area contributed by atoms with Gasteiger partial charge in [-0.05, 0) is 18.2 Å². The van der Waals surface area contributed by atoms with Gasteiger partial charge in [-0.2, -0.15) is 0 Å². The summed E-state index contributed by atoms with van der Waals surface area (Å²) in [6.07, 6.45) is 0. The molecule has 1 N–H and O–H groups in total. The molecular weight excluding hydrogens is 232 g/mol. The largest absolute Gasteiger partial charge is 0.497 e. The second-order valence-electron chi connectivity index (χ2n) is 4.17. The summed E-state index contributed by atoms with van der Waals surface area (Å²) in [7, 11) is 3.26. The molecule has 5 nitrogen and oxygen atoms in total. The zero-order valence-corrected chi connectivity index (χ0v) is 10.7. The van der Waals surface area contributed by atoms with Gasteiger partial charge < -0.3 is 19.7 Å². The van der Waals surface area contributed by atoms with E-state index in [2.05, 4.69) is 5.32 Å². The number of ether oxygens (including phenoxy) is 2. The highest BCUT2D eigenvalue weighted by molar-refractivity contribution is 5.79.